The van der Waals surface area contributed by atoms with Crippen LogP contribution in [0.5, 0.6) is 0 Å². The summed E-state index contributed by atoms with van der Waals surface area (Å²) in [6.45, 7) is 3.99. The zero-order chi connectivity index (χ0) is 11.8. The molecule has 1 rings (SSSR count). The van der Waals surface area contributed by atoms with Crippen molar-refractivity contribution in [1.29, 1.82) is 0 Å². The highest BCUT2D eigenvalue weighted by atomic mass is 127. The molecule has 0 spiro atoms. The molecule has 0 amide bonds. The molecule has 1 unspecified atom stereocenters. The molecule has 0 radical (unpaired) electrons. The molecule has 0 aliphatic carbocycles. The van der Waals surface area contributed by atoms with Gasteiger partial charge in [-0.05, 0) is 59.7 Å². The Labute approximate surface area is 112 Å². The summed E-state index contributed by atoms with van der Waals surface area (Å²) in [5, 5.41) is 3.52. The van der Waals surface area contributed by atoms with Gasteiger partial charge in [0.05, 0.1) is 0 Å². The van der Waals surface area contributed by atoms with Gasteiger partial charge >= 0.3 is 0 Å². The summed E-state index contributed by atoms with van der Waals surface area (Å²) in [5.41, 5.74) is 1.37. The van der Waals surface area contributed by atoms with Gasteiger partial charge in [0, 0.05) is 23.3 Å². The van der Waals surface area contributed by atoms with Crippen LogP contribution in [0.4, 0.5) is 0 Å². The van der Waals surface area contributed by atoms with E-state index in [0.717, 1.165) is 26.0 Å². The Bertz CT molecular complexity index is 286. The minimum atomic E-state index is 0.456. The zero-order valence-corrected chi connectivity index (χ0v) is 12.2. The van der Waals surface area contributed by atoms with Gasteiger partial charge in [-0.3, -0.25) is 0 Å². The molecule has 0 aliphatic rings. The van der Waals surface area contributed by atoms with Crippen LogP contribution in [-0.2, 0) is 4.74 Å². The van der Waals surface area contributed by atoms with E-state index in [9.17, 15) is 0 Å². The minimum Gasteiger partial charge on any atom is -0.385 e. The topological polar surface area (TPSA) is 21.3 Å². The maximum absolute atomic E-state index is 5.10. The Hall–Kier alpha value is -0.130. The number of hydrogen-bond acceptors (Lipinski definition) is 2. The molecule has 0 saturated heterocycles. The number of rotatable bonds is 7. The van der Waals surface area contributed by atoms with E-state index in [-0.39, 0.29) is 0 Å². The van der Waals surface area contributed by atoms with Crippen LogP contribution in [0.1, 0.15) is 31.4 Å². The van der Waals surface area contributed by atoms with Crippen molar-refractivity contribution >= 4 is 22.6 Å². The van der Waals surface area contributed by atoms with Crippen LogP contribution < -0.4 is 5.32 Å². The standard InChI is InChI=1S/C13H20INO/c1-3-15-13(5-4-10-16-2)11-6-8-12(14)9-7-11/h6-9,13,15H,3-5,10H2,1-2H3. The molecular formula is C13H20INO. The first-order valence-corrected chi connectivity index (χ1v) is 6.83. The van der Waals surface area contributed by atoms with Crippen LogP contribution in [0.3, 0.4) is 0 Å². The molecule has 90 valence electrons. The highest BCUT2D eigenvalue weighted by Gasteiger charge is 2.09. The number of hydrogen-bond donors (Lipinski definition) is 1. The molecule has 0 aliphatic heterocycles. The molecule has 0 aromatic heterocycles. The lowest BCUT2D eigenvalue weighted by Crippen LogP contribution is -2.21. The van der Waals surface area contributed by atoms with Crippen molar-refractivity contribution < 1.29 is 4.74 Å². The summed E-state index contributed by atoms with van der Waals surface area (Å²) < 4.78 is 6.38. The highest BCUT2D eigenvalue weighted by Crippen LogP contribution is 2.19. The quantitative estimate of drug-likeness (QED) is 0.610. The molecule has 1 N–H and O–H groups in total. The van der Waals surface area contributed by atoms with Crippen molar-refractivity contribution in [3.63, 3.8) is 0 Å². The molecule has 1 aromatic rings. The van der Waals surface area contributed by atoms with Gasteiger partial charge in [0.15, 0.2) is 0 Å². The van der Waals surface area contributed by atoms with Crippen molar-refractivity contribution in [2.75, 3.05) is 20.3 Å². The Morgan fingerprint density at radius 3 is 2.56 bits per heavy atom. The molecule has 0 bridgehead atoms. The van der Waals surface area contributed by atoms with E-state index < -0.39 is 0 Å². The Balaban J connectivity index is 2.57. The zero-order valence-electron chi connectivity index (χ0n) is 10.0. The van der Waals surface area contributed by atoms with E-state index in [1.54, 1.807) is 7.11 Å². The first-order valence-electron chi connectivity index (χ1n) is 5.75. The summed E-state index contributed by atoms with van der Waals surface area (Å²) in [5.74, 6) is 0. The van der Waals surface area contributed by atoms with Gasteiger partial charge in [-0.1, -0.05) is 19.1 Å². The minimum absolute atomic E-state index is 0.456. The van der Waals surface area contributed by atoms with Crippen molar-refractivity contribution in [3.8, 4) is 0 Å². The summed E-state index contributed by atoms with van der Waals surface area (Å²) in [6.07, 6.45) is 2.22. The van der Waals surface area contributed by atoms with Gasteiger partial charge in [0.2, 0.25) is 0 Å². The largest absolute Gasteiger partial charge is 0.385 e. The molecule has 1 aromatic carbocycles. The summed E-state index contributed by atoms with van der Waals surface area (Å²) >= 11 is 2.34. The van der Waals surface area contributed by atoms with Crippen molar-refractivity contribution in [3.05, 3.63) is 33.4 Å². The average Bonchev–Trinajstić information content (AvgIpc) is 2.29. The SMILES string of the molecule is CCNC(CCCOC)c1ccc(I)cc1. The fourth-order valence-electron chi connectivity index (χ4n) is 1.76. The lowest BCUT2D eigenvalue weighted by molar-refractivity contribution is 0.189. The Morgan fingerprint density at radius 1 is 1.31 bits per heavy atom. The van der Waals surface area contributed by atoms with Gasteiger partial charge in [0.25, 0.3) is 0 Å². The van der Waals surface area contributed by atoms with Gasteiger partial charge in [0.1, 0.15) is 0 Å². The summed E-state index contributed by atoms with van der Waals surface area (Å²) in [7, 11) is 1.76. The number of halogens is 1. The Morgan fingerprint density at radius 2 is 2.00 bits per heavy atom. The third-order valence-electron chi connectivity index (χ3n) is 2.56. The second kappa shape index (κ2) is 8.03. The number of methoxy groups -OCH3 is 1. The summed E-state index contributed by atoms with van der Waals surface area (Å²) in [6, 6.07) is 9.20. The van der Waals surface area contributed by atoms with E-state index in [1.807, 2.05) is 0 Å². The van der Waals surface area contributed by atoms with E-state index in [2.05, 4.69) is 59.1 Å². The van der Waals surface area contributed by atoms with Crippen LogP contribution >= 0.6 is 22.6 Å². The fraction of sp³-hybridized carbons (Fsp3) is 0.538. The molecule has 3 heteroatoms. The number of ether oxygens (including phenoxy) is 1. The smallest absolute Gasteiger partial charge is 0.0462 e. The monoisotopic (exact) mass is 333 g/mol. The van der Waals surface area contributed by atoms with Gasteiger partial charge < -0.3 is 10.1 Å². The summed E-state index contributed by atoms with van der Waals surface area (Å²) in [4.78, 5) is 0. The molecule has 2 nitrogen and oxygen atoms in total. The van der Waals surface area contributed by atoms with Crippen LogP contribution in [0.15, 0.2) is 24.3 Å². The number of nitrogens with one attached hydrogen (secondary N) is 1. The lowest BCUT2D eigenvalue weighted by atomic mass is 10.0. The van der Waals surface area contributed by atoms with Crippen LogP contribution in [0, 0.1) is 3.57 Å². The van der Waals surface area contributed by atoms with E-state index in [1.165, 1.54) is 9.13 Å². The third-order valence-corrected chi connectivity index (χ3v) is 3.28. The first kappa shape index (κ1) is 13.9. The third kappa shape index (κ3) is 4.80. The van der Waals surface area contributed by atoms with Gasteiger partial charge in [-0.2, -0.15) is 0 Å². The van der Waals surface area contributed by atoms with Crippen molar-refractivity contribution in [1.82, 2.24) is 5.32 Å². The van der Waals surface area contributed by atoms with Crippen molar-refractivity contribution in [2.45, 2.75) is 25.8 Å². The molecular weight excluding hydrogens is 313 g/mol. The lowest BCUT2D eigenvalue weighted by Gasteiger charge is -2.18. The normalized spacial score (nSPS) is 12.7. The highest BCUT2D eigenvalue weighted by molar-refractivity contribution is 14.1. The Kier molecular flexibility index (Phi) is 7.00. The second-order valence-corrected chi connectivity index (χ2v) is 5.04. The molecule has 0 fully saturated rings. The predicted octanol–water partition coefficient (Wildman–Crippen LogP) is 3.37. The van der Waals surface area contributed by atoms with Crippen LogP contribution in [0.2, 0.25) is 0 Å². The van der Waals surface area contributed by atoms with E-state index in [0.29, 0.717) is 6.04 Å². The second-order valence-electron chi connectivity index (χ2n) is 3.80. The van der Waals surface area contributed by atoms with Gasteiger partial charge in [-0.25, -0.2) is 0 Å². The first-order chi connectivity index (χ1) is 7.77. The molecule has 0 saturated carbocycles. The average molecular weight is 333 g/mol. The van der Waals surface area contributed by atoms with E-state index in [4.69, 9.17) is 4.74 Å². The maximum Gasteiger partial charge on any atom is 0.0462 e. The van der Waals surface area contributed by atoms with Gasteiger partial charge in [-0.15, -0.1) is 0 Å². The van der Waals surface area contributed by atoms with Crippen molar-refractivity contribution in [2.24, 2.45) is 0 Å². The predicted molar refractivity (Wildman–Crippen MR) is 76.7 cm³/mol. The van der Waals surface area contributed by atoms with Crippen LogP contribution in [-0.4, -0.2) is 20.3 Å². The van der Waals surface area contributed by atoms with Crippen LogP contribution in [0.25, 0.3) is 0 Å². The molecule has 1 atom stereocenters. The molecule has 16 heavy (non-hydrogen) atoms. The van der Waals surface area contributed by atoms with E-state index >= 15 is 0 Å². The molecule has 0 heterocycles. The number of benzene rings is 1. The maximum atomic E-state index is 5.10. The fourth-order valence-corrected chi connectivity index (χ4v) is 2.12.